The molecule has 106 valence electrons. The number of anilines is 1. The first-order valence-corrected chi connectivity index (χ1v) is 6.81. The van der Waals surface area contributed by atoms with Gasteiger partial charge in [0.15, 0.2) is 0 Å². The van der Waals surface area contributed by atoms with Crippen molar-refractivity contribution in [1.29, 1.82) is 0 Å². The van der Waals surface area contributed by atoms with Crippen LogP contribution in [0, 0.1) is 11.8 Å². The van der Waals surface area contributed by atoms with Crippen molar-refractivity contribution in [2.45, 2.75) is 31.3 Å². The monoisotopic (exact) mass is 272 g/mol. The summed E-state index contributed by atoms with van der Waals surface area (Å²) in [5.41, 5.74) is 6.75. The van der Waals surface area contributed by atoms with Crippen molar-refractivity contribution in [1.82, 2.24) is 0 Å². The maximum absolute atomic E-state index is 12.0. The number of nitrogens with one attached hydrogen (secondary N) is 1. The fourth-order valence-electron chi connectivity index (χ4n) is 2.31. The summed E-state index contributed by atoms with van der Waals surface area (Å²) in [6.45, 7) is 0.345. The molecule has 2 rings (SSSR count). The van der Waals surface area contributed by atoms with E-state index in [2.05, 4.69) is 17.2 Å². The van der Waals surface area contributed by atoms with Crippen LogP contribution in [0.1, 0.15) is 31.2 Å². The van der Waals surface area contributed by atoms with E-state index in [4.69, 9.17) is 10.5 Å². The number of carbonyl (C=O) groups is 1. The molecule has 4 heteroatoms. The van der Waals surface area contributed by atoms with E-state index in [9.17, 15) is 4.79 Å². The van der Waals surface area contributed by atoms with Crippen LogP contribution in [0.5, 0.6) is 0 Å². The van der Waals surface area contributed by atoms with E-state index in [-0.39, 0.29) is 11.5 Å². The van der Waals surface area contributed by atoms with E-state index >= 15 is 0 Å². The lowest BCUT2D eigenvalue weighted by Gasteiger charge is -2.39. The first kappa shape index (κ1) is 14.6. The summed E-state index contributed by atoms with van der Waals surface area (Å²) in [4.78, 5) is 12.0. The maximum atomic E-state index is 12.0. The molecule has 3 N–H and O–H groups in total. The smallest absolute Gasteiger partial charge is 0.227 e. The van der Waals surface area contributed by atoms with Gasteiger partial charge in [-0.05, 0) is 43.5 Å². The van der Waals surface area contributed by atoms with Crippen LogP contribution in [0.4, 0.5) is 5.69 Å². The average molecular weight is 272 g/mol. The van der Waals surface area contributed by atoms with Gasteiger partial charge < -0.3 is 15.8 Å². The normalized spacial score (nSPS) is 15.7. The highest BCUT2D eigenvalue weighted by molar-refractivity contribution is 5.91. The van der Waals surface area contributed by atoms with E-state index in [1.807, 2.05) is 24.3 Å². The van der Waals surface area contributed by atoms with E-state index < -0.39 is 0 Å². The summed E-state index contributed by atoms with van der Waals surface area (Å²) < 4.78 is 5.45. The van der Waals surface area contributed by atoms with Crippen molar-refractivity contribution in [2.24, 2.45) is 5.73 Å². The third-order valence-corrected chi connectivity index (χ3v) is 3.68. The molecule has 1 saturated carbocycles. The SMILES string of the molecule is COC1(CC(=O)Nc2ccc(C#CCN)cc2)CCC1. The molecule has 0 spiro atoms. The molecule has 0 saturated heterocycles. The molecule has 0 heterocycles. The number of methoxy groups -OCH3 is 1. The first-order chi connectivity index (χ1) is 9.67. The van der Waals surface area contributed by atoms with Crippen LogP contribution >= 0.6 is 0 Å². The Bertz CT molecular complexity index is 516. The Kier molecular flexibility index (Phi) is 4.78. The lowest BCUT2D eigenvalue weighted by Crippen LogP contribution is -2.42. The van der Waals surface area contributed by atoms with Crippen LogP contribution in [0.3, 0.4) is 0 Å². The maximum Gasteiger partial charge on any atom is 0.227 e. The Morgan fingerprint density at radius 2 is 2.10 bits per heavy atom. The minimum atomic E-state index is -0.239. The topological polar surface area (TPSA) is 64.3 Å². The molecule has 0 aromatic heterocycles. The van der Waals surface area contributed by atoms with Crippen LogP contribution in [0.15, 0.2) is 24.3 Å². The lowest BCUT2D eigenvalue weighted by molar-refractivity contribution is -0.129. The van der Waals surface area contributed by atoms with Gasteiger partial charge in [-0.2, -0.15) is 0 Å². The van der Waals surface area contributed by atoms with Crippen LogP contribution < -0.4 is 11.1 Å². The first-order valence-electron chi connectivity index (χ1n) is 6.81. The van der Waals surface area contributed by atoms with Crippen molar-refractivity contribution in [2.75, 3.05) is 19.0 Å². The summed E-state index contributed by atoms with van der Waals surface area (Å²) in [7, 11) is 1.68. The van der Waals surface area contributed by atoms with Gasteiger partial charge in [0.05, 0.1) is 18.6 Å². The van der Waals surface area contributed by atoms with Gasteiger partial charge in [-0.15, -0.1) is 0 Å². The van der Waals surface area contributed by atoms with E-state index in [1.165, 1.54) is 0 Å². The second-order valence-corrected chi connectivity index (χ2v) is 5.05. The number of hydrogen-bond donors (Lipinski definition) is 2. The standard InChI is InChI=1S/C16H20N2O2/c1-20-16(9-3-10-16)12-15(19)18-14-7-5-13(6-8-14)4-2-11-17/h5-8H,3,9-12,17H2,1H3,(H,18,19). The molecular formula is C16H20N2O2. The van der Waals surface area contributed by atoms with Gasteiger partial charge in [0.2, 0.25) is 5.91 Å². The van der Waals surface area contributed by atoms with Gasteiger partial charge >= 0.3 is 0 Å². The number of amides is 1. The number of hydrogen-bond acceptors (Lipinski definition) is 3. The molecular weight excluding hydrogens is 252 g/mol. The highest BCUT2D eigenvalue weighted by atomic mass is 16.5. The zero-order chi connectivity index (χ0) is 14.4. The molecule has 1 aliphatic carbocycles. The van der Waals surface area contributed by atoms with Gasteiger partial charge in [0, 0.05) is 18.4 Å². The summed E-state index contributed by atoms with van der Waals surface area (Å²) in [6, 6.07) is 7.43. The Morgan fingerprint density at radius 3 is 2.60 bits per heavy atom. The van der Waals surface area contributed by atoms with Gasteiger partial charge in [0.25, 0.3) is 0 Å². The highest BCUT2D eigenvalue weighted by Crippen LogP contribution is 2.38. The van der Waals surface area contributed by atoms with Crippen LogP contribution in [-0.2, 0) is 9.53 Å². The quantitative estimate of drug-likeness (QED) is 0.823. The zero-order valence-electron chi connectivity index (χ0n) is 11.7. The van der Waals surface area contributed by atoms with E-state index in [0.29, 0.717) is 13.0 Å². The molecule has 4 nitrogen and oxygen atoms in total. The summed E-state index contributed by atoms with van der Waals surface area (Å²) in [5.74, 6) is 5.73. The highest BCUT2D eigenvalue weighted by Gasteiger charge is 2.38. The van der Waals surface area contributed by atoms with Crippen molar-refractivity contribution in [3.8, 4) is 11.8 Å². The van der Waals surface area contributed by atoms with E-state index in [1.54, 1.807) is 7.11 Å². The predicted octanol–water partition coefficient (Wildman–Crippen LogP) is 1.89. The molecule has 0 aliphatic heterocycles. The third kappa shape index (κ3) is 3.60. The largest absolute Gasteiger partial charge is 0.378 e. The second-order valence-electron chi connectivity index (χ2n) is 5.05. The van der Waals surface area contributed by atoms with Crippen molar-refractivity contribution >= 4 is 11.6 Å². The molecule has 1 fully saturated rings. The van der Waals surface area contributed by atoms with Crippen LogP contribution in [-0.4, -0.2) is 25.2 Å². The minimum Gasteiger partial charge on any atom is -0.378 e. The Labute approximate surface area is 119 Å². The Morgan fingerprint density at radius 1 is 1.40 bits per heavy atom. The summed E-state index contributed by atoms with van der Waals surface area (Å²) in [5, 5.41) is 2.89. The summed E-state index contributed by atoms with van der Waals surface area (Å²) in [6.07, 6.45) is 3.48. The fourth-order valence-corrected chi connectivity index (χ4v) is 2.31. The van der Waals surface area contributed by atoms with Gasteiger partial charge in [-0.1, -0.05) is 11.8 Å². The van der Waals surface area contributed by atoms with Crippen LogP contribution in [0.2, 0.25) is 0 Å². The predicted molar refractivity (Wildman–Crippen MR) is 79.2 cm³/mol. The third-order valence-electron chi connectivity index (χ3n) is 3.68. The van der Waals surface area contributed by atoms with Gasteiger partial charge in [-0.3, -0.25) is 4.79 Å². The lowest BCUT2D eigenvalue weighted by atomic mass is 9.77. The van der Waals surface area contributed by atoms with Crippen LogP contribution in [0.25, 0.3) is 0 Å². The number of carbonyl (C=O) groups excluding carboxylic acids is 1. The molecule has 1 aliphatic rings. The number of rotatable bonds is 4. The molecule has 0 radical (unpaired) electrons. The second kappa shape index (κ2) is 6.56. The molecule has 1 aromatic rings. The number of nitrogens with two attached hydrogens (primary N) is 1. The van der Waals surface area contributed by atoms with Crippen molar-refractivity contribution in [3.63, 3.8) is 0 Å². The van der Waals surface area contributed by atoms with Gasteiger partial charge in [-0.25, -0.2) is 0 Å². The fraction of sp³-hybridized carbons (Fsp3) is 0.438. The van der Waals surface area contributed by atoms with Crippen molar-refractivity contribution < 1.29 is 9.53 Å². The van der Waals surface area contributed by atoms with E-state index in [0.717, 1.165) is 30.5 Å². The molecule has 0 atom stereocenters. The molecule has 1 aromatic carbocycles. The molecule has 1 amide bonds. The molecule has 0 bridgehead atoms. The Hall–Kier alpha value is -1.83. The number of ether oxygens (including phenoxy) is 1. The molecule has 20 heavy (non-hydrogen) atoms. The van der Waals surface area contributed by atoms with Crippen molar-refractivity contribution in [3.05, 3.63) is 29.8 Å². The zero-order valence-corrected chi connectivity index (χ0v) is 11.7. The Balaban J connectivity index is 1.91. The number of benzene rings is 1. The molecule has 0 unspecified atom stereocenters. The summed E-state index contributed by atoms with van der Waals surface area (Å²) >= 11 is 0. The average Bonchev–Trinajstić information content (AvgIpc) is 2.42. The van der Waals surface area contributed by atoms with Gasteiger partial charge in [0.1, 0.15) is 0 Å². The minimum absolute atomic E-state index is 0.00709.